The maximum atomic E-state index is 13.9. The van der Waals surface area contributed by atoms with Crippen molar-refractivity contribution in [2.24, 2.45) is 7.05 Å². The van der Waals surface area contributed by atoms with E-state index in [0.29, 0.717) is 17.0 Å². The number of halogens is 2. The van der Waals surface area contributed by atoms with Crippen LogP contribution < -0.4 is 5.32 Å². The van der Waals surface area contributed by atoms with Crippen LogP contribution in [0, 0.1) is 13.8 Å². The molecule has 0 aliphatic carbocycles. The smallest absolute Gasteiger partial charge is 0.264 e. The monoisotopic (exact) mass is 438 g/mol. The van der Waals surface area contributed by atoms with Gasteiger partial charge in [0.2, 0.25) is 5.91 Å². The van der Waals surface area contributed by atoms with Gasteiger partial charge >= 0.3 is 0 Å². The van der Waals surface area contributed by atoms with Gasteiger partial charge in [-0.25, -0.2) is 18.4 Å². The third kappa shape index (κ3) is 4.10. The predicted molar refractivity (Wildman–Crippen MR) is 117 cm³/mol. The Morgan fingerprint density at radius 3 is 2.44 bits per heavy atom. The maximum Gasteiger partial charge on any atom is 0.264 e. The number of rotatable bonds is 6. The first-order chi connectivity index (χ1) is 15.2. The van der Waals surface area contributed by atoms with Crippen molar-refractivity contribution in [1.82, 2.24) is 29.9 Å². The van der Waals surface area contributed by atoms with E-state index in [1.165, 1.54) is 10.7 Å². The Hall–Kier alpha value is -3.62. The average molecular weight is 438 g/mol. The average Bonchev–Trinajstić information content (AvgIpc) is 3.26. The van der Waals surface area contributed by atoms with E-state index in [9.17, 15) is 13.6 Å². The van der Waals surface area contributed by atoms with Crippen LogP contribution in [0.15, 0.2) is 42.6 Å². The van der Waals surface area contributed by atoms with Gasteiger partial charge in [-0.1, -0.05) is 30.3 Å². The highest BCUT2D eigenvalue weighted by atomic mass is 19.3. The molecule has 0 spiro atoms. The largest absolute Gasteiger partial charge is 0.348 e. The fourth-order valence-corrected chi connectivity index (χ4v) is 3.97. The highest BCUT2D eigenvalue weighted by Crippen LogP contribution is 2.33. The first-order valence-corrected chi connectivity index (χ1v) is 10.3. The van der Waals surface area contributed by atoms with Crippen molar-refractivity contribution in [3.8, 4) is 11.3 Å². The molecule has 7 nitrogen and oxygen atoms in total. The standard InChI is InChI=1S/C23H24F2N6O/c1-13(18-11-30(4)28-14(18)2)26-20(32)12-31-23-21(15(3)29-31)17(22(24)25)10-19(27-23)16-8-6-5-7-9-16/h5-11,13,22H,12H2,1-4H3,(H,26,32). The Labute approximate surface area is 184 Å². The lowest BCUT2D eigenvalue weighted by atomic mass is 10.1. The Balaban J connectivity index is 1.69. The summed E-state index contributed by atoms with van der Waals surface area (Å²) in [7, 11) is 1.82. The molecule has 166 valence electrons. The summed E-state index contributed by atoms with van der Waals surface area (Å²) in [4.78, 5) is 17.4. The molecule has 0 saturated carbocycles. The Bertz CT molecular complexity index is 1280. The van der Waals surface area contributed by atoms with Crippen LogP contribution in [-0.4, -0.2) is 30.5 Å². The quantitative estimate of drug-likeness (QED) is 0.488. The van der Waals surface area contributed by atoms with Gasteiger partial charge in [0.1, 0.15) is 6.54 Å². The molecule has 3 heterocycles. The molecule has 4 rings (SSSR count). The molecule has 0 saturated heterocycles. The summed E-state index contributed by atoms with van der Waals surface area (Å²) in [6, 6.07) is 10.2. The van der Waals surface area contributed by atoms with E-state index < -0.39 is 6.43 Å². The molecule has 0 aliphatic heterocycles. The Morgan fingerprint density at radius 1 is 1.09 bits per heavy atom. The SMILES string of the molecule is Cc1nn(C)cc1C(C)NC(=O)Cn1nc(C)c2c(C(F)F)cc(-c3ccccc3)nc21. The molecular formula is C23H24F2N6O. The van der Waals surface area contributed by atoms with Crippen molar-refractivity contribution in [1.29, 1.82) is 0 Å². The van der Waals surface area contributed by atoms with E-state index in [2.05, 4.69) is 20.5 Å². The molecule has 0 aliphatic rings. The normalized spacial score (nSPS) is 12.5. The fraction of sp³-hybridized carbons (Fsp3) is 0.304. The van der Waals surface area contributed by atoms with Crippen molar-refractivity contribution in [3.05, 3.63) is 65.1 Å². The summed E-state index contributed by atoms with van der Waals surface area (Å²) in [5, 5.41) is 11.9. The van der Waals surface area contributed by atoms with Crippen LogP contribution in [-0.2, 0) is 18.4 Å². The van der Waals surface area contributed by atoms with Gasteiger partial charge in [-0.3, -0.25) is 9.48 Å². The molecular weight excluding hydrogens is 414 g/mol. The Kier molecular flexibility index (Phi) is 5.73. The van der Waals surface area contributed by atoms with Crippen LogP contribution in [0.2, 0.25) is 0 Å². The zero-order valence-corrected chi connectivity index (χ0v) is 18.3. The molecule has 4 aromatic rings. The number of fused-ring (bicyclic) bond motifs is 1. The molecule has 32 heavy (non-hydrogen) atoms. The van der Waals surface area contributed by atoms with Gasteiger partial charge in [-0.05, 0) is 26.8 Å². The lowest BCUT2D eigenvalue weighted by Crippen LogP contribution is -2.30. The minimum Gasteiger partial charge on any atom is -0.348 e. The number of aryl methyl sites for hydroxylation is 3. The van der Waals surface area contributed by atoms with E-state index in [1.54, 1.807) is 11.6 Å². The number of benzene rings is 1. The first kappa shape index (κ1) is 21.6. The summed E-state index contributed by atoms with van der Waals surface area (Å²) >= 11 is 0. The van der Waals surface area contributed by atoms with Crippen molar-refractivity contribution >= 4 is 16.9 Å². The van der Waals surface area contributed by atoms with Gasteiger partial charge in [0, 0.05) is 29.9 Å². The summed E-state index contributed by atoms with van der Waals surface area (Å²) < 4.78 is 30.9. The van der Waals surface area contributed by atoms with Crippen molar-refractivity contribution < 1.29 is 13.6 Å². The number of alkyl halides is 2. The number of aromatic nitrogens is 5. The molecule has 3 aromatic heterocycles. The highest BCUT2D eigenvalue weighted by Gasteiger charge is 2.22. The van der Waals surface area contributed by atoms with Gasteiger partial charge < -0.3 is 5.32 Å². The van der Waals surface area contributed by atoms with Gasteiger partial charge in [0.25, 0.3) is 6.43 Å². The highest BCUT2D eigenvalue weighted by molar-refractivity contribution is 5.87. The predicted octanol–water partition coefficient (Wildman–Crippen LogP) is 4.26. The number of carbonyl (C=O) groups excluding carboxylic acids is 1. The van der Waals surface area contributed by atoms with Crippen LogP contribution >= 0.6 is 0 Å². The second kappa shape index (κ2) is 8.49. The summed E-state index contributed by atoms with van der Waals surface area (Å²) in [5.41, 5.74) is 3.40. The number of carbonyl (C=O) groups is 1. The molecule has 0 radical (unpaired) electrons. The summed E-state index contributed by atoms with van der Waals surface area (Å²) in [6.07, 6.45) is -0.835. The van der Waals surface area contributed by atoms with Crippen LogP contribution in [0.1, 0.15) is 41.9 Å². The van der Waals surface area contributed by atoms with Gasteiger partial charge in [-0.15, -0.1) is 0 Å². The van der Waals surface area contributed by atoms with Crippen LogP contribution in [0.3, 0.4) is 0 Å². The molecule has 0 bridgehead atoms. The van der Waals surface area contributed by atoms with Gasteiger partial charge in [0.05, 0.1) is 28.5 Å². The molecule has 9 heteroatoms. The minimum absolute atomic E-state index is 0.137. The van der Waals surface area contributed by atoms with Crippen molar-refractivity contribution in [3.63, 3.8) is 0 Å². The van der Waals surface area contributed by atoms with E-state index in [0.717, 1.165) is 11.3 Å². The zero-order valence-electron chi connectivity index (χ0n) is 18.3. The first-order valence-electron chi connectivity index (χ1n) is 10.3. The van der Waals surface area contributed by atoms with E-state index in [4.69, 9.17) is 0 Å². The third-order valence-electron chi connectivity index (χ3n) is 5.40. The van der Waals surface area contributed by atoms with E-state index in [-0.39, 0.29) is 35.1 Å². The second-order valence-corrected chi connectivity index (χ2v) is 7.84. The molecule has 0 fully saturated rings. The Morgan fingerprint density at radius 2 is 1.81 bits per heavy atom. The maximum absolute atomic E-state index is 13.9. The van der Waals surface area contributed by atoms with E-state index in [1.807, 2.05) is 57.4 Å². The van der Waals surface area contributed by atoms with Crippen LogP contribution in [0.4, 0.5) is 8.78 Å². The number of nitrogens with zero attached hydrogens (tertiary/aromatic N) is 5. The number of hydrogen-bond donors (Lipinski definition) is 1. The third-order valence-corrected chi connectivity index (χ3v) is 5.40. The van der Waals surface area contributed by atoms with Gasteiger partial charge in [-0.2, -0.15) is 10.2 Å². The van der Waals surface area contributed by atoms with Gasteiger partial charge in [0.15, 0.2) is 5.65 Å². The summed E-state index contributed by atoms with van der Waals surface area (Å²) in [6.45, 7) is 5.26. The number of amides is 1. The summed E-state index contributed by atoms with van der Waals surface area (Å²) in [5.74, 6) is -0.296. The molecule has 1 atom stereocenters. The second-order valence-electron chi connectivity index (χ2n) is 7.84. The lowest BCUT2D eigenvalue weighted by molar-refractivity contribution is -0.122. The topological polar surface area (TPSA) is 77.6 Å². The number of nitrogens with one attached hydrogen (secondary N) is 1. The lowest BCUT2D eigenvalue weighted by Gasteiger charge is -2.14. The molecule has 1 aromatic carbocycles. The number of hydrogen-bond acceptors (Lipinski definition) is 4. The molecule has 1 unspecified atom stereocenters. The van der Waals surface area contributed by atoms with Crippen molar-refractivity contribution in [2.75, 3.05) is 0 Å². The minimum atomic E-state index is -2.69. The fourth-order valence-electron chi connectivity index (χ4n) is 3.97. The van der Waals surface area contributed by atoms with Crippen molar-refractivity contribution in [2.45, 2.75) is 39.8 Å². The molecule has 1 amide bonds. The number of pyridine rings is 1. The zero-order chi connectivity index (χ0) is 23.0. The van der Waals surface area contributed by atoms with Crippen LogP contribution in [0.25, 0.3) is 22.3 Å². The van der Waals surface area contributed by atoms with E-state index >= 15 is 0 Å². The molecule has 1 N–H and O–H groups in total. The van der Waals surface area contributed by atoms with Crippen LogP contribution in [0.5, 0.6) is 0 Å².